The fourth-order valence-electron chi connectivity index (χ4n) is 7.61. The van der Waals surface area contributed by atoms with Crippen molar-refractivity contribution < 1.29 is 19.8 Å². The lowest BCUT2D eigenvalue weighted by Crippen LogP contribution is -2.57. The van der Waals surface area contributed by atoms with Crippen molar-refractivity contribution in [2.75, 3.05) is 5.75 Å². The van der Waals surface area contributed by atoms with E-state index in [-0.39, 0.29) is 34.3 Å². The van der Waals surface area contributed by atoms with Crippen LogP contribution in [0.3, 0.4) is 0 Å². The maximum Gasteiger partial charge on any atom is 0.185 e. The van der Waals surface area contributed by atoms with Gasteiger partial charge in [0.05, 0.1) is 6.10 Å². The lowest BCUT2D eigenvalue weighted by Gasteiger charge is -2.58. The molecule has 0 bridgehead atoms. The van der Waals surface area contributed by atoms with Crippen molar-refractivity contribution in [1.29, 1.82) is 0 Å². The fraction of sp³-hybridized carbons (Fsp3) is 0.833. The molecule has 0 spiro atoms. The maximum atomic E-state index is 13.1. The Hall–Kier alpha value is -0.650. The van der Waals surface area contributed by atoms with Gasteiger partial charge in [-0.15, -0.1) is 0 Å². The Morgan fingerprint density at radius 1 is 1.14 bits per heavy atom. The molecule has 0 aromatic carbocycles. The molecular formula is C24H36O4S. The molecule has 4 rings (SSSR count). The molecule has 3 fully saturated rings. The third-order valence-electron chi connectivity index (χ3n) is 9.33. The molecule has 0 heterocycles. The first kappa shape index (κ1) is 21.6. The van der Waals surface area contributed by atoms with Crippen LogP contribution in [-0.2, 0) is 9.59 Å². The summed E-state index contributed by atoms with van der Waals surface area (Å²) in [7, 11) is 0. The summed E-state index contributed by atoms with van der Waals surface area (Å²) < 4.78 is 0. The van der Waals surface area contributed by atoms with Gasteiger partial charge >= 0.3 is 0 Å². The zero-order valence-electron chi connectivity index (χ0n) is 18.1. The van der Waals surface area contributed by atoms with E-state index < -0.39 is 5.60 Å². The number of carbonyl (C=O) groups excluding carboxylic acids is 2. The second kappa shape index (κ2) is 7.49. The predicted octanol–water partition coefficient (Wildman–Crippen LogP) is 4.28. The molecule has 3 saturated carbocycles. The SMILES string of the molecule is CC(=O)SCCC(=O)[C@@]1(O)CC[C@H]2[C@@H]3CC=C4C[C@@H](O)CC[C@]4(C)[C@H]3CC[C@@]21C. The number of hydrogen-bond donors (Lipinski definition) is 2. The third kappa shape index (κ3) is 3.27. The predicted molar refractivity (Wildman–Crippen MR) is 115 cm³/mol. The Bertz CT molecular complexity index is 732. The van der Waals surface area contributed by atoms with Gasteiger partial charge in [0, 0.05) is 24.5 Å². The lowest BCUT2D eigenvalue weighted by atomic mass is 9.46. The van der Waals surface area contributed by atoms with E-state index in [1.54, 1.807) is 0 Å². The van der Waals surface area contributed by atoms with E-state index >= 15 is 0 Å². The standard InChI is InChI=1S/C24H36O4S/c1-15(25)29-13-9-21(27)24(28)12-8-20-18-5-4-16-14-17(26)6-10-22(16,2)19(18)7-11-23(20,24)3/h4,17-20,26,28H,5-14H2,1-3H3/t17-,18+,19-,20-,22-,23-,24-/m0/s1. The van der Waals surface area contributed by atoms with Crippen LogP contribution in [0.5, 0.6) is 0 Å². The molecule has 4 nitrogen and oxygen atoms in total. The number of carbonyl (C=O) groups is 2. The summed E-state index contributed by atoms with van der Waals surface area (Å²) in [5.74, 6) is 1.89. The molecule has 2 N–H and O–H groups in total. The second-order valence-corrected chi connectivity index (χ2v) is 11.8. The smallest absolute Gasteiger partial charge is 0.185 e. The van der Waals surface area contributed by atoms with Crippen LogP contribution in [0.15, 0.2) is 11.6 Å². The van der Waals surface area contributed by atoms with Crippen LogP contribution in [0.1, 0.15) is 78.6 Å². The highest BCUT2D eigenvalue weighted by Crippen LogP contribution is 2.67. The molecule has 29 heavy (non-hydrogen) atoms. The van der Waals surface area contributed by atoms with Crippen LogP contribution >= 0.6 is 11.8 Å². The summed E-state index contributed by atoms with van der Waals surface area (Å²) in [6, 6.07) is 0. The van der Waals surface area contributed by atoms with Crippen molar-refractivity contribution in [2.45, 2.75) is 90.3 Å². The third-order valence-corrected chi connectivity index (χ3v) is 10.1. The van der Waals surface area contributed by atoms with E-state index in [9.17, 15) is 19.8 Å². The van der Waals surface area contributed by atoms with Crippen molar-refractivity contribution in [3.63, 3.8) is 0 Å². The first-order valence-electron chi connectivity index (χ1n) is 11.4. The largest absolute Gasteiger partial charge is 0.393 e. The van der Waals surface area contributed by atoms with Gasteiger partial charge < -0.3 is 10.2 Å². The van der Waals surface area contributed by atoms with Crippen LogP contribution in [0.2, 0.25) is 0 Å². The number of Topliss-reactive ketones (excluding diaryl/α,β-unsaturated/α-hetero) is 1. The highest BCUT2D eigenvalue weighted by Gasteiger charge is 2.65. The highest BCUT2D eigenvalue weighted by molar-refractivity contribution is 8.13. The van der Waals surface area contributed by atoms with E-state index in [0.29, 0.717) is 29.9 Å². The van der Waals surface area contributed by atoms with Gasteiger partial charge in [-0.3, -0.25) is 9.59 Å². The number of ketones is 1. The molecule has 0 aliphatic heterocycles. The first-order valence-corrected chi connectivity index (χ1v) is 12.4. The normalized spacial score (nSPS) is 46.3. The molecule has 0 unspecified atom stereocenters. The molecule has 4 aliphatic rings. The van der Waals surface area contributed by atoms with Gasteiger partial charge in [-0.2, -0.15) is 0 Å². The van der Waals surface area contributed by atoms with Crippen LogP contribution in [-0.4, -0.2) is 38.6 Å². The highest BCUT2D eigenvalue weighted by atomic mass is 32.2. The summed E-state index contributed by atoms with van der Waals surface area (Å²) in [5, 5.41) is 21.8. The molecule has 0 amide bonds. The topological polar surface area (TPSA) is 74.6 Å². The minimum absolute atomic E-state index is 0.0245. The van der Waals surface area contributed by atoms with E-state index in [1.807, 2.05) is 0 Å². The maximum absolute atomic E-state index is 13.1. The van der Waals surface area contributed by atoms with E-state index in [0.717, 1.165) is 44.9 Å². The summed E-state index contributed by atoms with van der Waals surface area (Å²) in [5.41, 5.74) is 0.0221. The van der Waals surface area contributed by atoms with Gasteiger partial charge in [0.1, 0.15) is 5.60 Å². The lowest BCUT2D eigenvalue weighted by molar-refractivity contribution is -0.161. The number of aliphatic hydroxyl groups is 2. The first-order chi connectivity index (χ1) is 13.6. The monoisotopic (exact) mass is 420 g/mol. The molecule has 0 radical (unpaired) electrons. The van der Waals surface area contributed by atoms with Crippen LogP contribution in [0.4, 0.5) is 0 Å². The molecule has 5 heteroatoms. The van der Waals surface area contributed by atoms with Gasteiger partial charge in [0.2, 0.25) is 0 Å². The van der Waals surface area contributed by atoms with Gasteiger partial charge in [-0.1, -0.05) is 37.3 Å². The second-order valence-electron chi connectivity index (χ2n) is 10.5. The zero-order chi connectivity index (χ0) is 21.0. The van der Waals surface area contributed by atoms with Crippen molar-refractivity contribution in [3.05, 3.63) is 11.6 Å². The van der Waals surface area contributed by atoms with Crippen LogP contribution < -0.4 is 0 Å². The molecule has 0 aromatic heterocycles. The van der Waals surface area contributed by atoms with E-state index in [1.165, 1.54) is 24.3 Å². The van der Waals surface area contributed by atoms with Crippen LogP contribution in [0, 0.1) is 28.6 Å². The number of aliphatic hydroxyl groups excluding tert-OH is 1. The fourth-order valence-corrected chi connectivity index (χ4v) is 8.18. The number of rotatable bonds is 4. The molecule has 0 aromatic rings. The quantitative estimate of drug-likeness (QED) is 0.664. The average molecular weight is 421 g/mol. The van der Waals surface area contributed by atoms with E-state index in [2.05, 4.69) is 19.9 Å². The van der Waals surface area contributed by atoms with Gasteiger partial charge in [-0.25, -0.2) is 0 Å². The molecule has 4 aliphatic carbocycles. The molecule has 162 valence electrons. The summed E-state index contributed by atoms with van der Waals surface area (Å²) in [6.45, 7) is 6.08. The average Bonchev–Trinajstić information content (AvgIpc) is 2.94. The summed E-state index contributed by atoms with van der Waals surface area (Å²) >= 11 is 1.18. The Labute approximate surface area is 178 Å². The molecular weight excluding hydrogens is 384 g/mol. The number of hydrogen-bond acceptors (Lipinski definition) is 5. The Morgan fingerprint density at radius 2 is 1.86 bits per heavy atom. The summed E-state index contributed by atoms with van der Waals surface area (Å²) in [4.78, 5) is 24.3. The number of fused-ring (bicyclic) bond motifs is 5. The van der Waals surface area contributed by atoms with Crippen molar-refractivity contribution in [3.8, 4) is 0 Å². The minimum Gasteiger partial charge on any atom is -0.393 e. The molecule has 0 saturated heterocycles. The Kier molecular flexibility index (Phi) is 5.57. The zero-order valence-corrected chi connectivity index (χ0v) is 18.9. The minimum atomic E-state index is -1.24. The summed E-state index contributed by atoms with van der Waals surface area (Å²) in [6.07, 6.45) is 9.67. The van der Waals surface area contributed by atoms with Gasteiger partial charge in [0.15, 0.2) is 10.9 Å². The number of thioether (sulfide) groups is 1. The van der Waals surface area contributed by atoms with Crippen molar-refractivity contribution in [2.24, 2.45) is 28.6 Å². The van der Waals surface area contributed by atoms with Crippen LogP contribution in [0.25, 0.3) is 0 Å². The van der Waals surface area contributed by atoms with Crippen molar-refractivity contribution >= 4 is 22.7 Å². The van der Waals surface area contributed by atoms with Gasteiger partial charge in [0.25, 0.3) is 0 Å². The van der Waals surface area contributed by atoms with Crippen molar-refractivity contribution in [1.82, 2.24) is 0 Å². The van der Waals surface area contributed by atoms with E-state index in [4.69, 9.17) is 0 Å². The Morgan fingerprint density at radius 3 is 2.59 bits per heavy atom. The number of allylic oxidation sites excluding steroid dienone is 1. The van der Waals surface area contributed by atoms with Gasteiger partial charge in [-0.05, 0) is 74.5 Å². The molecule has 7 atom stereocenters. The Balaban J connectivity index is 1.55.